The molecule has 3 aliphatic rings. The number of piperidine rings is 1. The van der Waals surface area contributed by atoms with Gasteiger partial charge in [0.1, 0.15) is 0 Å². The van der Waals surface area contributed by atoms with Crippen molar-refractivity contribution in [3.8, 4) is 0 Å². The van der Waals surface area contributed by atoms with Gasteiger partial charge in [0, 0.05) is 11.6 Å². The summed E-state index contributed by atoms with van der Waals surface area (Å²) in [6.45, 7) is 3.65. The lowest BCUT2D eigenvalue weighted by Gasteiger charge is -2.44. The molecular formula is C25H36ClN. The minimum absolute atomic E-state index is 0.685. The number of hydrogen-bond acceptors (Lipinski definition) is 1. The normalized spacial score (nSPS) is 24.6. The average molecular weight is 386 g/mol. The maximum absolute atomic E-state index is 6.63. The molecule has 1 saturated heterocycles. The Bertz CT molecular complexity index is 628. The molecule has 1 heterocycles. The molecule has 2 saturated carbocycles. The van der Waals surface area contributed by atoms with Crippen LogP contribution in [-0.4, -0.2) is 24.5 Å². The number of hydrogen-bond donors (Lipinski definition) is 0. The van der Waals surface area contributed by atoms with E-state index in [-0.39, 0.29) is 0 Å². The van der Waals surface area contributed by atoms with E-state index >= 15 is 0 Å². The minimum Gasteiger partial charge on any atom is -0.300 e. The summed E-state index contributed by atoms with van der Waals surface area (Å²) in [5, 5.41) is 0.973. The van der Waals surface area contributed by atoms with E-state index in [0.29, 0.717) is 11.3 Å². The van der Waals surface area contributed by atoms with Gasteiger partial charge in [-0.05, 0) is 80.1 Å². The standard InChI is InChI=1S/C25H36ClN/c26-24-20-21(11-12-23(24)22-9-3-1-4-10-22)8-7-17-27-18-15-25(16-19-27)13-5-2-6-14-25/h7-8,11-12,20,22H,1-6,9-10,13-19H2/b8-7+. The van der Waals surface area contributed by atoms with Crippen molar-refractivity contribution >= 4 is 17.7 Å². The van der Waals surface area contributed by atoms with E-state index in [1.807, 2.05) is 0 Å². The Labute approximate surface area is 171 Å². The van der Waals surface area contributed by atoms with Crippen molar-refractivity contribution in [1.82, 2.24) is 4.90 Å². The van der Waals surface area contributed by atoms with E-state index in [1.165, 1.54) is 101 Å². The van der Waals surface area contributed by atoms with Crippen molar-refractivity contribution in [3.63, 3.8) is 0 Å². The largest absolute Gasteiger partial charge is 0.300 e. The van der Waals surface area contributed by atoms with Gasteiger partial charge in [0.15, 0.2) is 0 Å². The Morgan fingerprint density at radius 1 is 0.926 bits per heavy atom. The molecule has 1 aromatic carbocycles. The van der Waals surface area contributed by atoms with Crippen LogP contribution >= 0.6 is 11.6 Å². The zero-order valence-electron chi connectivity index (χ0n) is 16.9. The predicted octanol–water partition coefficient (Wildman–Crippen LogP) is 7.45. The lowest BCUT2D eigenvalue weighted by molar-refractivity contribution is 0.0738. The molecular weight excluding hydrogens is 350 g/mol. The van der Waals surface area contributed by atoms with Gasteiger partial charge in [-0.1, -0.05) is 74.4 Å². The fraction of sp³-hybridized carbons (Fsp3) is 0.680. The summed E-state index contributed by atoms with van der Waals surface area (Å²) in [5.41, 5.74) is 3.34. The fourth-order valence-electron chi connectivity index (χ4n) is 5.74. The summed E-state index contributed by atoms with van der Waals surface area (Å²) >= 11 is 6.63. The van der Waals surface area contributed by atoms with Crippen molar-refractivity contribution < 1.29 is 0 Å². The summed E-state index contributed by atoms with van der Waals surface area (Å²) in [6, 6.07) is 6.72. The van der Waals surface area contributed by atoms with Gasteiger partial charge in [-0.2, -0.15) is 0 Å². The van der Waals surface area contributed by atoms with E-state index in [0.717, 1.165) is 11.6 Å². The summed E-state index contributed by atoms with van der Waals surface area (Å²) < 4.78 is 0. The summed E-state index contributed by atoms with van der Waals surface area (Å²) in [5.74, 6) is 0.685. The van der Waals surface area contributed by atoms with Crippen LogP contribution in [0.5, 0.6) is 0 Å². The van der Waals surface area contributed by atoms with E-state index in [9.17, 15) is 0 Å². The smallest absolute Gasteiger partial charge is 0.0446 e. The maximum atomic E-state index is 6.63. The molecule has 0 radical (unpaired) electrons. The van der Waals surface area contributed by atoms with E-state index in [1.54, 1.807) is 0 Å². The first-order chi connectivity index (χ1) is 13.2. The topological polar surface area (TPSA) is 3.24 Å². The van der Waals surface area contributed by atoms with E-state index < -0.39 is 0 Å². The summed E-state index contributed by atoms with van der Waals surface area (Å²) in [6.07, 6.45) is 21.6. The second-order valence-corrected chi connectivity index (χ2v) is 9.79. The molecule has 2 heteroatoms. The van der Waals surface area contributed by atoms with Crippen LogP contribution in [0.3, 0.4) is 0 Å². The lowest BCUT2D eigenvalue weighted by Crippen LogP contribution is -2.41. The Kier molecular flexibility index (Phi) is 6.61. The predicted molar refractivity (Wildman–Crippen MR) is 118 cm³/mol. The Morgan fingerprint density at radius 3 is 2.33 bits per heavy atom. The van der Waals surface area contributed by atoms with Crippen molar-refractivity contribution in [2.24, 2.45) is 5.41 Å². The third-order valence-electron chi connectivity index (χ3n) is 7.57. The third-order valence-corrected chi connectivity index (χ3v) is 7.90. The van der Waals surface area contributed by atoms with Gasteiger partial charge in [0.25, 0.3) is 0 Å². The molecule has 27 heavy (non-hydrogen) atoms. The van der Waals surface area contributed by atoms with Gasteiger partial charge in [-0.15, -0.1) is 0 Å². The first-order valence-electron chi connectivity index (χ1n) is 11.4. The van der Waals surface area contributed by atoms with Gasteiger partial charge in [0.2, 0.25) is 0 Å². The quantitative estimate of drug-likeness (QED) is 0.520. The molecule has 1 nitrogen and oxygen atoms in total. The van der Waals surface area contributed by atoms with Crippen molar-refractivity contribution in [2.45, 2.75) is 83.0 Å². The van der Waals surface area contributed by atoms with Crippen molar-refractivity contribution in [2.75, 3.05) is 19.6 Å². The Balaban J connectivity index is 1.28. The van der Waals surface area contributed by atoms with E-state index in [4.69, 9.17) is 11.6 Å². The van der Waals surface area contributed by atoms with E-state index in [2.05, 4.69) is 35.3 Å². The SMILES string of the molecule is Clc1cc(/C=C/CN2CCC3(CCCCC3)CC2)ccc1C1CCCCC1. The summed E-state index contributed by atoms with van der Waals surface area (Å²) in [7, 11) is 0. The average Bonchev–Trinajstić information content (AvgIpc) is 2.71. The number of halogens is 1. The number of nitrogens with zero attached hydrogens (tertiary/aromatic N) is 1. The molecule has 0 aromatic heterocycles. The highest BCUT2D eigenvalue weighted by Gasteiger charge is 2.34. The molecule has 2 aliphatic carbocycles. The monoisotopic (exact) mass is 385 g/mol. The van der Waals surface area contributed by atoms with Crippen LogP contribution in [0.2, 0.25) is 5.02 Å². The van der Waals surface area contributed by atoms with Gasteiger partial charge >= 0.3 is 0 Å². The molecule has 0 unspecified atom stereocenters. The molecule has 1 aliphatic heterocycles. The molecule has 3 fully saturated rings. The highest BCUT2D eigenvalue weighted by Crippen LogP contribution is 2.44. The van der Waals surface area contributed by atoms with Gasteiger partial charge in [-0.3, -0.25) is 4.90 Å². The molecule has 0 N–H and O–H groups in total. The van der Waals surface area contributed by atoms with Crippen LogP contribution in [0.15, 0.2) is 24.3 Å². The number of benzene rings is 1. The fourth-order valence-corrected chi connectivity index (χ4v) is 6.08. The van der Waals surface area contributed by atoms with Crippen LogP contribution in [-0.2, 0) is 0 Å². The molecule has 0 amide bonds. The second kappa shape index (κ2) is 9.14. The second-order valence-electron chi connectivity index (χ2n) is 9.38. The van der Waals surface area contributed by atoms with Crippen LogP contribution in [0, 0.1) is 5.41 Å². The van der Waals surface area contributed by atoms with Crippen molar-refractivity contribution in [1.29, 1.82) is 0 Å². The molecule has 148 valence electrons. The summed E-state index contributed by atoms with van der Waals surface area (Å²) in [4.78, 5) is 2.63. The maximum Gasteiger partial charge on any atom is 0.0446 e. The lowest BCUT2D eigenvalue weighted by atomic mass is 9.68. The molecule has 0 atom stereocenters. The van der Waals surface area contributed by atoms with Crippen LogP contribution in [0.25, 0.3) is 6.08 Å². The Morgan fingerprint density at radius 2 is 1.63 bits per heavy atom. The highest BCUT2D eigenvalue weighted by atomic mass is 35.5. The molecule has 4 rings (SSSR count). The van der Waals surface area contributed by atoms with Crippen LogP contribution in [0.4, 0.5) is 0 Å². The van der Waals surface area contributed by atoms with Crippen LogP contribution in [0.1, 0.15) is 94.1 Å². The van der Waals surface area contributed by atoms with Crippen LogP contribution < -0.4 is 0 Å². The van der Waals surface area contributed by atoms with Crippen molar-refractivity contribution in [3.05, 3.63) is 40.4 Å². The molecule has 0 bridgehead atoms. The minimum atomic E-state index is 0.685. The zero-order valence-corrected chi connectivity index (χ0v) is 17.7. The van der Waals surface area contributed by atoms with Gasteiger partial charge in [0.05, 0.1) is 0 Å². The van der Waals surface area contributed by atoms with Gasteiger partial charge in [-0.25, -0.2) is 0 Å². The number of likely N-dealkylation sites (tertiary alicyclic amines) is 1. The zero-order chi connectivity index (χ0) is 18.5. The molecule has 1 spiro atoms. The molecule has 1 aromatic rings. The van der Waals surface area contributed by atoms with Gasteiger partial charge < -0.3 is 0 Å². The first-order valence-corrected chi connectivity index (χ1v) is 11.8. The number of rotatable bonds is 4. The third kappa shape index (κ3) is 4.98. The highest BCUT2D eigenvalue weighted by molar-refractivity contribution is 6.31. The Hall–Kier alpha value is -0.790. The first kappa shape index (κ1) is 19.5.